The Balaban J connectivity index is 1.51. The molecule has 4 aliphatic carbocycles. The number of hydrogen-bond donors (Lipinski definition) is 1. The zero-order chi connectivity index (χ0) is 16.0. The summed E-state index contributed by atoms with van der Waals surface area (Å²) < 4.78 is 5.87. The van der Waals surface area contributed by atoms with Crippen molar-refractivity contribution in [2.45, 2.75) is 77.1 Å². The van der Waals surface area contributed by atoms with Crippen LogP contribution < -0.4 is 0 Å². The van der Waals surface area contributed by atoms with E-state index in [0.717, 1.165) is 25.2 Å². The molecule has 1 aliphatic heterocycles. The molecule has 5 fully saturated rings. The predicted octanol–water partition coefficient (Wildman–Crippen LogP) is 3.52. The Labute approximate surface area is 139 Å². The lowest BCUT2D eigenvalue weighted by Crippen LogP contribution is -2.58. The average Bonchev–Trinajstić information content (AvgIpc) is 3.15. The van der Waals surface area contributed by atoms with Gasteiger partial charge in [-0.25, -0.2) is 0 Å². The van der Waals surface area contributed by atoms with Gasteiger partial charge in [0.1, 0.15) is 0 Å². The maximum absolute atomic E-state index is 11.2. The Morgan fingerprint density at radius 2 is 1.87 bits per heavy atom. The fraction of sp³-hybridized carbons (Fsp3) is 0.950. The molecule has 0 aromatic heterocycles. The van der Waals surface area contributed by atoms with Crippen LogP contribution in [0.1, 0.15) is 58.8 Å². The molecule has 1 heterocycles. The van der Waals surface area contributed by atoms with Crippen molar-refractivity contribution in [2.75, 3.05) is 0 Å². The summed E-state index contributed by atoms with van der Waals surface area (Å²) >= 11 is 0. The number of hydrogen-bond acceptors (Lipinski definition) is 3. The number of epoxide rings is 1. The van der Waals surface area contributed by atoms with E-state index in [4.69, 9.17) is 4.74 Å². The molecule has 0 aromatic carbocycles. The first-order valence-electron chi connectivity index (χ1n) is 9.70. The van der Waals surface area contributed by atoms with Crippen LogP contribution in [0, 0.1) is 51.8 Å². The topological polar surface area (TPSA) is 56.5 Å². The molecule has 0 amide bonds. The van der Waals surface area contributed by atoms with E-state index in [1.165, 1.54) is 25.7 Å². The molecule has 0 spiro atoms. The molecular weight excluding hydrogens is 286 g/mol. The average molecular weight is 315 g/mol. The molecule has 0 aromatic rings. The summed E-state index contributed by atoms with van der Waals surface area (Å²) in [6.07, 6.45) is 8.82. The molecule has 1 N–H and O–H groups in total. The van der Waals surface area contributed by atoms with E-state index in [1.54, 1.807) is 0 Å². The van der Waals surface area contributed by atoms with Gasteiger partial charge in [0.25, 0.3) is 0 Å². The third-order valence-corrected chi connectivity index (χ3v) is 8.99. The van der Waals surface area contributed by atoms with Crippen molar-refractivity contribution in [3.05, 3.63) is 0 Å². The van der Waals surface area contributed by atoms with Crippen molar-refractivity contribution >= 4 is 0 Å². The molecule has 10 atom stereocenters. The molecule has 3 heteroatoms. The Kier molecular flexibility index (Phi) is 2.90. The van der Waals surface area contributed by atoms with Crippen LogP contribution in [0.4, 0.5) is 0 Å². The van der Waals surface area contributed by atoms with Gasteiger partial charge < -0.3 is 9.84 Å². The number of aliphatic hydroxyl groups excluding tert-OH is 1. The second-order valence-corrected chi connectivity index (χ2v) is 9.77. The molecule has 5 rings (SSSR count). The summed E-state index contributed by atoms with van der Waals surface area (Å²) in [5, 5.41) is 20.8. The maximum Gasteiger partial charge on any atom is 0.0847 e. The number of rotatable bonds is 0. The summed E-state index contributed by atoms with van der Waals surface area (Å²) in [4.78, 5) is 0. The number of aliphatic hydroxyl groups is 1. The van der Waals surface area contributed by atoms with Crippen molar-refractivity contribution in [2.24, 2.45) is 40.4 Å². The summed E-state index contributed by atoms with van der Waals surface area (Å²) in [6, 6.07) is 2.57. The quantitative estimate of drug-likeness (QED) is 0.696. The first-order valence-corrected chi connectivity index (χ1v) is 9.70. The molecule has 0 unspecified atom stereocenters. The van der Waals surface area contributed by atoms with Gasteiger partial charge in [-0.05, 0) is 79.4 Å². The second kappa shape index (κ2) is 4.52. The Bertz CT molecular complexity index is 570. The van der Waals surface area contributed by atoms with E-state index in [2.05, 4.69) is 19.9 Å². The van der Waals surface area contributed by atoms with Gasteiger partial charge in [-0.15, -0.1) is 0 Å². The van der Waals surface area contributed by atoms with E-state index < -0.39 is 0 Å². The number of fused-ring (bicyclic) bond motifs is 6. The van der Waals surface area contributed by atoms with Crippen LogP contribution in [0.15, 0.2) is 0 Å². The third kappa shape index (κ3) is 1.78. The molecular formula is C20H29NO2. The van der Waals surface area contributed by atoms with Crippen LogP contribution in [-0.2, 0) is 4.74 Å². The standard InChI is InChI=1S/C20H29NO2/c1-19-8-15(22)18-13(14(19)6-4-12(19)10-21)5-3-11-7-16-17(23-16)9-20(11,18)2/h11-18,22H,3-9H2,1-2H3/t11-,12+,13-,14-,15-,16-,17+,18+,19+,20-/m0/s1. The van der Waals surface area contributed by atoms with E-state index >= 15 is 0 Å². The zero-order valence-electron chi connectivity index (χ0n) is 14.4. The number of nitrogens with zero attached hydrogens (tertiary/aromatic N) is 1. The summed E-state index contributed by atoms with van der Waals surface area (Å²) in [5.74, 6) is 2.59. The molecule has 0 bridgehead atoms. The second-order valence-electron chi connectivity index (χ2n) is 9.77. The Morgan fingerprint density at radius 1 is 1.04 bits per heavy atom. The maximum atomic E-state index is 11.2. The summed E-state index contributed by atoms with van der Waals surface area (Å²) in [6.45, 7) is 4.75. The third-order valence-electron chi connectivity index (χ3n) is 8.99. The molecule has 5 aliphatic rings. The van der Waals surface area contributed by atoms with Crippen LogP contribution in [0.3, 0.4) is 0 Å². The lowest BCUT2D eigenvalue weighted by Gasteiger charge is -2.61. The van der Waals surface area contributed by atoms with Gasteiger partial charge >= 0.3 is 0 Å². The first kappa shape index (κ1) is 14.7. The van der Waals surface area contributed by atoms with Crippen LogP contribution in [-0.4, -0.2) is 23.4 Å². The Hall–Kier alpha value is -0.590. The number of nitriles is 1. The van der Waals surface area contributed by atoms with Gasteiger partial charge in [0, 0.05) is 0 Å². The van der Waals surface area contributed by atoms with Crippen LogP contribution in [0.5, 0.6) is 0 Å². The summed E-state index contributed by atoms with van der Waals surface area (Å²) in [7, 11) is 0. The summed E-state index contributed by atoms with van der Waals surface area (Å²) in [5.41, 5.74) is 0.303. The van der Waals surface area contributed by atoms with Crippen LogP contribution in [0.2, 0.25) is 0 Å². The van der Waals surface area contributed by atoms with E-state index in [1.807, 2.05) is 0 Å². The van der Waals surface area contributed by atoms with Gasteiger partial charge in [-0.3, -0.25) is 0 Å². The van der Waals surface area contributed by atoms with Gasteiger partial charge in [0.2, 0.25) is 0 Å². The first-order chi connectivity index (χ1) is 11.0. The molecule has 23 heavy (non-hydrogen) atoms. The van der Waals surface area contributed by atoms with Gasteiger partial charge in [0.05, 0.1) is 30.3 Å². The highest BCUT2D eigenvalue weighted by atomic mass is 16.6. The van der Waals surface area contributed by atoms with Crippen molar-refractivity contribution in [3.8, 4) is 6.07 Å². The largest absolute Gasteiger partial charge is 0.393 e. The molecule has 4 saturated carbocycles. The minimum atomic E-state index is -0.224. The highest BCUT2D eigenvalue weighted by Gasteiger charge is 2.65. The molecule has 126 valence electrons. The fourth-order valence-corrected chi connectivity index (χ4v) is 7.86. The molecule has 1 saturated heterocycles. The van der Waals surface area contributed by atoms with Crippen LogP contribution in [0.25, 0.3) is 0 Å². The van der Waals surface area contributed by atoms with Crippen molar-refractivity contribution in [1.82, 2.24) is 0 Å². The zero-order valence-corrected chi connectivity index (χ0v) is 14.4. The van der Waals surface area contributed by atoms with E-state index in [-0.39, 0.29) is 22.9 Å². The van der Waals surface area contributed by atoms with Gasteiger partial charge in [0.15, 0.2) is 0 Å². The van der Waals surface area contributed by atoms with Gasteiger partial charge in [-0.1, -0.05) is 13.8 Å². The normalized spacial score (nSPS) is 63.2. The monoisotopic (exact) mass is 315 g/mol. The predicted molar refractivity (Wildman–Crippen MR) is 86.3 cm³/mol. The molecule has 0 radical (unpaired) electrons. The molecule has 3 nitrogen and oxygen atoms in total. The minimum Gasteiger partial charge on any atom is -0.393 e. The highest BCUT2D eigenvalue weighted by Crippen LogP contribution is 2.68. The fourth-order valence-electron chi connectivity index (χ4n) is 7.86. The van der Waals surface area contributed by atoms with Gasteiger partial charge in [-0.2, -0.15) is 5.26 Å². The highest BCUT2D eigenvalue weighted by molar-refractivity contribution is 5.16. The van der Waals surface area contributed by atoms with Crippen molar-refractivity contribution < 1.29 is 9.84 Å². The Morgan fingerprint density at radius 3 is 2.65 bits per heavy atom. The van der Waals surface area contributed by atoms with Crippen LogP contribution >= 0.6 is 0 Å². The van der Waals surface area contributed by atoms with E-state index in [9.17, 15) is 10.4 Å². The van der Waals surface area contributed by atoms with E-state index in [0.29, 0.717) is 30.0 Å². The smallest absolute Gasteiger partial charge is 0.0847 e. The lowest BCUT2D eigenvalue weighted by atomic mass is 9.44. The minimum absolute atomic E-state index is 0.0474. The lowest BCUT2D eigenvalue weighted by molar-refractivity contribution is -0.163. The van der Waals surface area contributed by atoms with Crippen molar-refractivity contribution in [3.63, 3.8) is 0 Å². The SMILES string of the molecule is C[C@]12C[C@H]3O[C@H]3C[C@@H]1CC[C@@H]1[C@@H]2[C@@H](O)C[C@]2(C)[C@@H](C#N)CC[C@@H]12. The number of ether oxygens (including phenoxy) is 1. The van der Waals surface area contributed by atoms with Crippen molar-refractivity contribution in [1.29, 1.82) is 5.26 Å².